The summed E-state index contributed by atoms with van der Waals surface area (Å²) in [5, 5.41) is 2.70. The van der Waals surface area contributed by atoms with Gasteiger partial charge in [-0.25, -0.2) is 4.79 Å². The maximum Gasteiger partial charge on any atom is 0.409 e. The molecule has 0 radical (unpaired) electrons. The van der Waals surface area contributed by atoms with Gasteiger partial charge < -0.3 is 9.64 Å². The summed E-state index contributed by atoms with van der Waals surface area (Å²) in [5.74, 6) is 0. The number of fused-ring (bicyclic) bond motifs is 1. The Morgan fingerprint density at radius 1 is 1.04 bits per heavy atom. The van der Waals surface area contributed by atoms with Crippen LogP contribution in [-0.2, 0) is 4.74 Å². The van der Waals surface area contributed by atoms with Crippen molar-refractivity contribution in [3.63, 3.8) is 0 Å². The number of likely N-dealkylation sites (tertiary alicyclic amines) is 1. The van der Waals surface area contributed by atoms with Gasteiger partial charge in [-0.3, -0.25) is 4.90 Å². The topological polar surface area (TPSA) is 32.8 Å². The van der Waals surface area contributed by atoms with Crippen molar-refractivity contribution >= 4 is 16.9 Å². The van der Waals surface area contributed by atoms with Gasteiger partial charge in [0.2, 0.25) is 0 Å². The minimum Gasteiger partial charge on any atom is -0.448 e. The molecular formula is C20H24N2O2. The van der Waals surface area contributed by atoms with Crippen LogP contribution in [0.4, 0.5) is 4.79 Å². The summed E-state index contributed by atoms with van der Waals surface area (Å²) in [6.45, 7) is 4.28. The van der Waals surface area contributed by atoms with Crippen molar-refractivity contribution in [3.05, 3.63) is 48.0 Å². The van der Waals surface area contributed by atoms with Crippen LogP contribution in [0.2, 0.25) is 0 Å². The normalized spacial score (nSPS) is 21.6. The molecule has 0 aromatic heterocycles. The molecule has 24 heavy (non-hydrogen) atoms. The van der Waals surface area contributed by atoms with Crippen LogP contribution in [0.25, 0.3) is 10.8 Å². The van der Waals surface area contributed by atoms with E-state index in [9.17, 15) is 4.79 Å². The number of nitrogens with zero attached hydrogens (tertiary/aromatic N) is 2. The Hall–Kier alpha value is -2.07. The molecule has 1 atom stereocenters. The number of rotatable bonds is 5. The Balaban J connectivity index is 1.45. The van der Waals surface area contributed by atoms with E-state index < -0.39 is 0 Å². The van der Waals surface area contributed by atoms with Crippen molar-refractivity contribution in [1.82, 2.24) is 9.80 Å². The molecule has 0 N–H and O–H groups in total. The fourth-order valence-electron chi connectivity index (χ4n) is 4.08. The molecule has 4 nitrogen and oxygen atoms in total. The van der Waals surface area contributed by atoms with Crippen molar-refractivity contribution in [2.24, 2.45) is 0 Å². The van der Waals surface area contributed by atoms with Gasteiger partial charge in [-0.05, 0) is 42.1 Å². The molecule has 4 heteroatoms. The lowest BCUT2D eigenvalue weighted by molar-refractivity contribution is 0.156. The van der Waals surface area contributed by atoms with E-state index in [1.165, 1.54) is 29.2 Å². The van der Waals surface area contributed by atoms with Crippen molar-refractivity contribution < 1.29 is 9.53 Å². The Kier molecular flexibility index (Phi) is 4.39. The average molecular weight is 324 g/mol. The third-order valence-electron chi connectivity index (χ3n) is 5.26. The van der Waals surface area contributed by atoms with Gasteiger partial charge in [0.15, 0.2) is 0 Å². The molecule has 2 fully saturated rings. The first-order chi connectivity index (χ1) is 11.8. The van der Waals surface area contributed by atoms with Gasteiger partial charge in [0.25, 0.3) is 0 Å². The molecule has 0 bridgehead atoms. The van der Waals surface area contributed by atoms with Crippen LogP contribution in [0.1, 0.15) is 30.9 Å². The summed E-state index contributed by atoms with van der Waals surface area (Å²) in [4.78, 5) is 15.9. The summed E-state index contributed by atoms with van der Waals surface area (Å²) in [5.41, 5.74) is 1.45. The summed E-state index contributed by atoms with van der Waals surface area (Å²) in [7, 11) is 0. The number of benzene rings is 2. The highest BCUT2D eigenvalue weighted by molar-refractivity contribution is 5.86. The van der Waals surface area contributed by atoms with Crippen molar-refractivity contribution in [3.8, 4) is 0 Å². The summed E-state index contributed by atoms with van der Waals surface area (Å²) < 4.78 is 5.00. The largest absolute Gasteiger partial charge is 0.448 e. The van der Waals surface area contributed by atoms with E-state index >= 15 is 0 Å². The van der Waals surface area contributed by atoms with Gasteiger partial charge in [-0.2, -0.15) is 0 Å². The average Bonchev–Trinajstić information content (AvgIpc) is 3.24. The third-order valence-corrected chi connectivity index (χ3v) is 5.26. The predicted octanol–water partition coefficient (Wildman–Crippen LogP) is 3.82. The molecule has 0 unspecified atom stereocenters. The number of carbonyl (C=O) groups is 1. The second-order valence-electron chi connectivity index (χ2n) is 6.72. The lowest BCUT2D eigenvalue weighted by Crippen LogP contribution is -2.30. The molecule has 2 aromatic rings. The van der Waals surface area contributed by atoms with Crippen molar-refractivity contribution in [2.75, 3.05) is 32.8 Å². The van der Waals surface area contributed by atoms with Crippen LogP contribution in [0.15, 0.2) is 42.5 Å². The molecule has 2 aliphatic rings. The zero-order chi connectivity index (χ0) is 16.4. The van der Waals surface area contributed by atoms with Crippen LogP contribution in [0, 0.1) is 0 Å². The molecule has 2 aliphatic heterocycles. The zero-order valence-electron chi connectivity index (χ0n) is 14.0. The standard InChI is InChI=1S/C20H24N2O2/c23-20-22(14-15-24-20)13-5-12-21-11-4-10-19(21)18-9-3-7-16-6-1-2-8-17(16)18/h1-3,6-9,19H,4-5,10-15H2/t19-/m0/s1. The van der Waals surface area contributed by atoms with E-state index in [1.54, 1.807) is 0 Å². The van der Waals surface area contributed by atoms with Gasteiger partial charge in [-0.1, -0.05) is 42.5 Å². The number of cyclic esters (lactones) is 1. The molecule has 2 aromatic carbocycles. The number of hydrogen-bond acceptors (Lipinski definition) is 3. The smallest absolute Gasteiger partial charge is 0.409 e. The lowest BCUT2D eigenvalue weighted by atomic mass is 9.97. The fourth-order valence-corrected chi connectivity index (χ4v) is 4.08. The van der Waals surface area contributed by atoms with Crippen molar-refractivity contribution in [1.29, 1.82) is 0 Å². The second kappa shape index (κ2) is 6.81. The van der Waals surface area contributed by atoms with Crippen LogP contribution >= 0.6 is 0 Å². The minimum atomic E-state index is -0.151. The van der Waals surface area contributed by atoms with E-state index in [0.29, 0.717) is 12.6 Å². The third kappa shape index (κ3) is 2.98. The number of ether oxygens (including phenoxy) is 1. The van der Waals surface area contributed by atoms with E-state index in [2.05, 4.69) is 47.4 Å². The first kappa shape index (κ1) is 15.5. The first-order valence-electron chi connectivity index (χ1n) is 8.96. The van der Waals surface area contributed by atoms with Gasteiger partial charge in [-0.15, -0.1) is 0 Å². The van der Waals surface area contributed by atoms with Gasteiger partial charge in [0.1, 0.15) is 6.61 Å². The highest BCUT2D eigenvalue weighted by atomic mass is 16.6. The molecule has 0 saturated carbocycles. The first-order valence-corrected chi connectivity index (χ1v) is 8.96. The molecule has 126 valence electrons. The van der Waals surface area contributed by atoms with Crippen LogP contribution in [-0.4, -0.2) is 48.7 Å². The van der Waals surface area contributed by atoms with E-state index in [1.807, 2.05) is 4.90 Å². The van der Waals surface area contributed by atoms with Gasteiger partial charge >= 0.3 is 6.09 Å². The Bertz CT molecular complexity index is 725. The van der Waals surface area contributed by atoms with Crippen molar-refractivity contribution in [2.45, 2.75) is 25.3 Å². The van der Waals surface area contributed by atoms with Crippen LogP contribution in [0.3, 0.4) is 0 Å². The van der Waals surface area contributed by atoms with E-state index in [0.717, 1.165) is 32.6 Å². The summed E-state index contributed by atoms with van der Waals surface area (Å²) in [6.07, 6.45) is 3.33. The van der Waals surface area contributed by atoms with Crippen LogP contribution in [0.5, 0.6) is 0 Å². The number of carbonyl (C=O) groups excluding carboxylic acids is 1. The summed E-state index contributed by atoms with van der Waals surface area (Å²) >= 11 is 0. The van der Waals surface area contributed by atoms with Gasteiger partial charge in [0.05, 0.1) is 6.54 Å². The second-order valence-corrected chi connectivity index (χ2v) is 6.72. The summed E-state index contributed by atoms with van der Waals surface area (Å²) in [6, 6.07) is 15.8. The Labute approximate surface area is 143 Å². The molecule has 0 spiro atoms. The molecule has 2 heterocycles. The minimum absolute atomic E-state index is 0.151. The quantitative estimate of drug-likeness (QED) is 0.838. The Morgan fingerprint density at radius 2 is 1.92 bits per heavy atom. The molecule has 4 rings (SSSR count). The Morgan fingerprint density at radius 3 is 2.79 bits per heavy atom. The van der Waals surface area contributed by atoms with Gasteiger partial charge in [0, 0.05) is 19.1 Å². The SMILES string of the molecule is O=C1OCCN1CCCN1CCC[C@H]1c1cccc2ccccc12. The molecular weight excluding hydrogens is 300 g/mol. The highest BCUT2D eigenvalue weighted by Gasteiger charge is 2.27. The lowest BCUT2D eigenvalue weighted by Gasteiger charge is -2.26. The predicted molar refractivity (Wildman–Crippen MR) is 95.0 cm³/mol. The fraction of sp³-hybridized carbons (Fsp3) is 0.450. The highest BCUT2D eigenvalue weighted by Crippen LogP contribution is 2.35. The van der Waals surface area contributed by atoms with E-state index in [4.69, 9.17) is 4.74 Å². The molecule has 1 amide bonds. The monoisotopic (exact) mass is 324 g/mol. The van der Waals surface area contributed by atoms with E-state index in [-0.39, 0.29) is 6.09 Å². The maximum atomic E-state index is 11.5. The number of hydrogen-bond donors (Lipinski definition) is 0. The zero-order valence-corrected chi connectivity index (χ0v) is 14.0. The number of amides is 1. The van der Waals surface area contributed by atoms with Crippen LogP contribution < -0.4 is 0 Å². The maximum absolute atomic E-state index is 11.5. The molecule has 2 saturated heterocycles. The molecule has 0 aliphatic carbocycles.